The van der Waals surface area contributed by atoms with E-state index < -0.39 is 0 Å². The Bertz CT molecular complexity index is 638. The van der Waals surface area contributed by atoms with E-state index >= 15 is 0 Å². The Morgan fingerprint density at radius 1 is 0.765 bits per heavy atom. The summed E-state index contributed by atoms with van der Waals surface area (Å²) in [6, 6.07) is 8.32. The van der Waals surface area contributed by atoms with Crippen LogP contribution in [0.15, 0.2) is 24.3 Å². The Balaban J connectivity index is 2.12. The first-order valence-corrected chi connectivity index (χ1v) is 14.7. The van der Waals surface area contributed by atoms with Crippen molar-refractivity contribution in [2.45, 2.75) is 155 Å². The van der Waals surface area contributed by atoms with Gasteiger partial charge in [0.25, 0.3) is 0 Å². The predicted molar refractivity (Wildman–Crippen MR) is 149 cm³/mol. The number of carbonyl (C=O) groups excluding carboxylic acids is 1. The minimum atomic E-state index is -0.330. The summed E-state index contributed by atoms with van der Waals surface area (Å²) in [5, 5.41) is 3.21. The van der Waals surface area contributed by atoms with Crippen molar-refractivity contribution in [3.05, 3.63) is 35.4 Å². The third-order valence-corrected chi connectivity index (χ3v) is 7.61. The molecule has 0 saturated heterocycles. The van der Waals surface area contributed by atoms with Crippen LogP contribution in [0.25, 0.3) is 0 Å². The van der Waals surface area contributed by atoms with Crippen LogP contribution in [0.5, 0.6) is 0 Å². The number of unbranched alkanes of at least 4 members (excludes halogenated alkanes) is 14. The Kier molecular flexibility index (Phi) is 17.1. The van der Waals surface area contributed by atoms with Gasteiger partial charge >= 0.3 is 0 Å². The number of rotatable bonds is 21. The van der Waals surface area contributed by atoms with Gasteiger partial charge in [-0.2, -0.15) is 0 Å². The van der Waals surface area contributed by atoms with Crippen molar-refractivity contribution in [1.29, 1.82) is 0 Å². The molecule has 0 aliphatic rings. The van der Waals surface area contributed by atoms with Crippen molar-refractivity contribution < 1.29 is 4.79 Å². The van der Waals surface area contributed by atoms with Gasteiger partial charge in [-0.15, -0.1) is 0 Å². The molecule has 0 radical (unpaired) electrons. The smallest absolute Gasteiger partial charge is 0.220 e. The molecular formula is C31H56N2O. The maximum atomic E-state index is 12.5. The van der Waals surface area contributed by atoms with E-state index in [1.54, 1.807) is 0 Å². The second-order valence-electron chi connectivity index (χ2n) is 10.4. The van der Waals surface area contributed by atoms with Crippen LogP contribution in [0, 0.1) is 0 Å². The maximum Gasteiger partial charge on any atom is 0.220 e. The first-order valence-electron chi connectivity index (χ1n) is 14.7. The maximum absolute atomic E-state index is 12.5. The third kappa shape index (κ3) is 12.4. The molecule has 0 spiro atoms. The number of amides is 1. The van der Waals surface area contributed by atoms with E-state index in [-0.39, 0.29) is 17.5 Å². The number of carbonyl (C=O) groups is 1. The first-order chi connectivity index (χ1) is 16.5. The molecule has 0 saturated carbocycles. The molecule has 3 N–H and O–H groups in total. The molecular weight excluding hydrogens is 416 g/mol. The fourth-order valence-corrected chi connectivity index (χ4v) is 5.01. The van der Waals surface area contributed by atoms with Crippen LogP contribution in [0.4, 0.5) is 0 Å². The van der Waals surface area contributed by atoms with Gasteiger partial charge in [-0.3, -0.25) is 4.79 Å². The zero-order valence-corrected chi connectivity index (χ0v) is 23.1. The normalized spacial score (nSPS) is 12.6. The Morgan fingerprint density at radius 3 is 1.68 bits per heavy atom. The van der Waals surface area contributed by atoms with Gasteiger partial charge in [0.1, 0.15) is 0 Å². The Hall–Kier alpha value is -1.35. The van der Waals surface area contributed by atoms with Crippen molar-refractivity contribution in [3.8, 4) is 0 Å². The number of benzene rings is 1. The highest BCUT2D eigenvalue weighted by Gasteiger charge is 2.27. The average Bonchev–Trinajstić information content (AvgIpc) is 2.85. The average molecular weight is 473 g/mol. The van der Waals surface area contributed by atoms with Gasteiger partial charge in [0.05, 0.1) is 6.04 Å². The number of hydrogen-bond donors (Lipinski definition) is 2. The van der Waals surface area contributed by atoms with E-state index in [9.17, 15) is 4.79 Å². The van der Waals surface area contributed by atoms with Gasteiger partial charge in [-0.1, -0.05) is 135 Å². The van der Waals surface area contributed by atoms with Crippen molar-refractivity contribution in [1.82, 2.24) is 5.32 Å². The monoisotopic (exact) mass is 472 g/mol. The summed E-state index contributed by atoms with van der Waals surface area (Å²) in [7, 11) is 0. The minimum absolute atomic E-state index is 0.0129. The molecule has 1 unspecified atom stereocenters. The lowest BCUT2D eigenvalue weighted by Gasteiger charge is -2.31. The predicted octanol–water partition coefficient (Wildman–Crippen LogP) is 9.10. The highest BCUT2D eigenvalue weighted by Crippen LogP contribution is 2.31. The van der Waals surface area contributed by atoms with Crippen LogP contribution in [-0.4, -0.2) is 5.91 Å². The summed E-state index contributed by atoms with van der Waals surface area (Å²) < 4.78 is 0. The summed E-state index contributed by atoms with van der Waals surface area (Å²) in [6.45, 7) is 8.64. The summed E-state index contributed by atoms with van der Waals surface area (Å²) >= 11 is 0. The Morgan fingerprint density at radius 2 is 1.21 bits per heavy atom. The molecule has 1 atom stereocenters. The molecule has 1 aromatic rings. The lowest BCUT2D eigenvalue weighted by atomic mass is 9.81. The van der Waals surface area contributed by atoms with E-state index in [4.69, 9.17) is 5.73 Å². The Labute approximate surface area is 212 Å². The van der Waals surface area contributed by atoms with Crippen molar-refractivity contribution in [2.75, 3.05) is 0 Å². The molecule has 0 aromatic heterocycles. The molecule has 0 bridgehead atoms. The molecule has 3 heteroatoms. The van der Waals surface area contributed by atoms with Crippen LogP contribution >= 0.6 is 0 Å². The van der Waals surface area contributed by atoms with Crippen LogP contribution in [0.3, 0.4) is 0 Å². The topological polar surface area (TPSA) is 55.1 Å². The van der Waals surface area contributed by atoms with E-state index in [0.29, 0.717) is 6.42 Å². The van der Waals surface area contributed by atoms with E-state index in [0.717, 1.165) is 31.2 Å². The molecule has 1 rings (SSSR count). The zero-order valence-electron chi connectivity index (χ0n) is 23.1. The fourth-order valence-electron chi connectivity index (χ4n) is 5.01. The second kappa shape index (κ2) is 18.9. The van der Waals surface area contributed by atoms with Crippen LogP contribution in [0.1, 0.15) is 160 Å². The molecule has 1 amide bonds. The van der Waals surface area contributed by atoms with Crippen molar-refractivity contribution >= 4 is 5.91 Å². The molecule has 0 heterocycles. The number of nitrogens with one attached hydrogen (secondary N) is 1. The minimum Gasteiger partial charge on any atom is -0.350 e. The van der Waals surface area contributed by atoms with Crippen LogP contribution in [0.2, 0.25) is 0 Å². The van der Waals surface area contributed by atoms with Crippen molar-refractivity contribution in [3.63, 3.8) is 0 Å². The highest BCUT2D eigenvalue weighted by atomic mass is 16.1. The summed E-state index contributed by atoms with van der Waals surface area (Å²) in [5.41, 5.74) is 8.66. The van der Waals surface area contributed by atoms with Gasteiger partial charge in [-0.05, 0) is 37.3 Å². The largest absolute Gasteiger partial charge is 0.350 e. The van der Waals surface area contributed by atoms with Crippen molar-refractivity contribution in [2.24, 2.45) is 5.73 Å². The molecule has 0 aliphatic carbocycles. The van der Waals surface area contributed by atoms with Gasteiger partial charge in [0.2, 0.25) is 5.91 Å². The molecule has 1 aromatic carbocycles. The van der Waals surface area contributed by atoms with E-state index in [1.807, 2.05) is 6.07 Å². The van der Waals surface area contributed by atoms with Gasteiger partial charge in [0.15, 0.2) is 0 Å². The lowest BCUT2D eigenvalue weighted by molar-refractivity contribution is -0.121. The molecule has 0 fully saturated rings. The SMILES string of the molecule is CCCCCCCCCCCCCCCCCC(=O)NC(C)c1ccccc1C(N)(CC)CC. The zero-order chi connectivity index (χ0) is 25.1. The van der Waals surface area contributed by atoms with Crippen LogP contribution in [-0.2, 0) is 10.3 Å². The quantitative estimate of drug-likeness (QED) is 0.175. The highest BCUT2D eigenvalue weighted by molar-refractivity contribution is 5.76. The lowest BCUT2D eigenvalue weighted by Crippen LogP contribution is -2.37. The third-order valence-electron chi connectivity index (χ3n) is 7.61. The molecule has 0 aliphatic heterocycles. The van der Waals surface area contributed by atoms with E-state index in [2.05, 4.69) is 51.2 Å². The van der Waals surface area contributed by atoms with Gasteiger partial charge in [0, 0.05) is 12.0 Å². The molecule has 3 nitrogen and oxygen atoms in total. The van der Waals surface area contributed by atoms with Crippen LogP contribution < -0.4 is 11.1 Å². The van der Waals surface area contributed by atoms with E-state index in [1.165, 1.54) is 89.0 Å². The van der Waals surface area contributed by atoms with Gasteiger partial charge < -0.3 is 11.1 Å². The summed E-state index contributed by atoms with van der Waals surface area (Å²) in [4.78, 5) is 12.5. The van der Waals surface area contributed by atoms with Gasteiger partial charge in [-0.25, -0.2) is 0 Å². The second-order valence-corrected chi connectivity index (χ2v) is 10.4. The number of nitrogens with two attached hydrogens (primary N) is 1. The number of hydrogen-bond acceptors (Lipinski definition) is 2. The molecule has 34 heavy (non-hydrogen) atoms. The fraction of sp³-hybridized carbons (Fsp3) is 0.774. The summed E-state index contributed by atoms with van der Waals surface area (Å²) in [5.74, 6) is 0.160. The first kappa shape index (κ1) is 30.7. The summed E-state index contributed by atoms with van der Waals surface area (Å²) in [6.07, 6.45) is 22.6. The molecule has 196 valence electrons. The standard InChI is InChI=1S/C31H56N2O/c1-5-8-9-10-11-12-13-14-15-16-17-18-19-20-21-26-30(34)33-27(4)28-24-22-23-25-29(28)31(32,6-2)7-3/h22-25,27H,5-21,26,32H2,1-4H3,(H,33,34).